The molecule has 0 saturated carbocycles. The van der Waals surface area contributed by atoms with Crippen molar-refractivity contribution in [2.45, 2.75) is 17.9 Å². The van der Waals surface area contributed by atoms with Crippen molar-refractivity contribution in [3.05, 3.63) is 24.3 Å². The summed E-state index contributed by atoms with van der Waals surface area (Å²) in [6.45, 7) is 1.63. The number of fused-ring (bicyclic) bond motifs is 1. The summed E-state index contributed by atoms with van der Waals surface area (Å²) in [4.78, 5) is 11.9. The van der Waals surface area contributed by atoms with Crippen molar-refractivity contribution >= 4 is 23.4 Å². The number of hydrogen-bond donors (Lipinski definition) is 2. The predicted molar refractivity (Wildman–Crippen MR) is 59.9 cm³/mol. The highest BCUT2D eigenvalue weighted by atomic mass is 32.2. The van der Waals surface area contributed by atoms with E-state index in [-0.39, 0.29) is 0 Å². The fraction of sp³-hybridized carbons (Fsp3) is 0.300. The molecule has 0 aromatic heterocycles. The van der Waals surface area contributed by atoms with Gasteiger partial charge in [0.15, 0.2) is 0 Å². The second-order valence-corrected chi connectivity index (χ2v) is 4.34. The van der Waals surface area contributed by atoms with Gasteiger partial charge in [-0.3, -0.25) is 9.80 Å². The quantitative estimate of drug-likeness (QED) is 0.815. The molecule has 80 valence electrons. The summed E-state index contributed by atoms with van der Waals surface area (Å²) in [5.41, 5.74) is 4.00. The Morgan fingerprint density at radius 1 is 1.60 bits per heavy atom. The lowest BCUT2D eigenvalue weighted by molar-refractivity contribution is -0.139. The number of aliphatic carboxylic acids is 1. The number of benzene rings is 1. The molecule has 0 bridgehead atoms. The predicted octanol–water partition coefficient (Wildman–Crippen LogP) is 1.53. The average molecular weight is 224 g/mol. The molecule has 0 aliphatic carbocycles. The summed E-state index contributed by atoms with van der Waals surface area (Å²) in [7, 11) is 0. The molecule has 1 aromatic rings. The molecule has 5 heteroatoms. The molecular formula is C10H12N2O2S. The smallest absolute Gasteiger partial charge is 0.322 e. The molecule has 0 radical (unpaired) electrons. The molecule has 1 aromatic carbocycles. The number of nitrogens with one attached hydrogen (secondary N) is 1. The Labute approximate surface area is 92.2 Å². The SMILES string of the molecule is CC(NN1CSc2ccccc21)C(=O)O. The minimum atomic E-state index is -0.843. The number of hydrazine groups is 1. The van der Waals surface area contributed by atoms with Crippen molar-refractivity contribution in [3.63, 3.8) is 0 Å². The minimum absolute atomic E-state index is 0.572. The molecule has 1 unspecified atom stereocenters. The van der Waals surface area contributed by atoms with Crippen LogP contribution >= 0.6 is 11.8 Å². The third-order valence-corrected chi connectivity index (χ3v) is 3.27. The molecule has 1 aliphatic heterocycles. The maximum Gasteiger partial charge on any atom is 0.322 e. The second kappa shape index (κ2) is 4.12. The summed E-state index contributed by atoms with van der Waals surface area (Å²) in [5.74, 6) is -0.0962. The number of thioether (sulfide) groups is 1. The average Bonchev–Trinajstić information content (AvgIpc) is 2.62. The maximum atomic E-state index is 10.7. The topological polar surface area (TPSA) is 52.6 Å². The molecule has 15 heavy (non-hydrogen) atoms. The number of hydrogen-bond acceptors (Lipinski definition) is 4. The fourth-order valence-electron chi connectivity index (χ4n) is 1.40. The minimum Gasteiger partial charge on any atom is -0.480 e. The van der Waals surface area contributed by atoms with Crippen LogP contribution in [0.3, 0.4) is 0 Å². The van der Waals surface area contributed by atoms with Gasteiger partial charge in [0, 0.05) is 4.90 Å². The lowest BCUT2D eigenvalue weighted by atomic mass is 10.3. The van der Waals surface area contributed by atoms with Gasteiger partial charge in [0.1, 0.15) is 6.04 Å². The van der Waals surface area contributed by atoms with Gasteiger partial charge in [-0.15, -0.1) is 11.8 Å². The van der Waals surface area contributed by atoms with E-state index in [0.29, 0.717) is 0 Å². The Bertz CT molecular complexity index is 383. The standard InChI is InChI=1S/C10H12N2O2S/c1-7(10(13)14)11-12-6-15-9-5-3-2-4-8(9)12/h2-5,7,11H,6H2,1H3,(H,13,14). The zero-order valence-corrected chi connectivity index (χ0v) is 9.12. The van der Waals surface area contributed by atoms with Crippen molar-refractivity contribution in [3.8, 4) is 0 Å². The number of para-hydroxylation sites is 1. The van der Waals surface area contributed by atoms with Gasteiger partial charge in [-0.05, 0) is 19.1 Å². The summed E-state index contributed by atoms with van der Waals surface area (Å²) >= 11 is 1.70. The second-order valence-electron chi connectivity index (χ2n) is 3.36. The first-order chi connectivity index (χ1) is 7.18. The van der Waals surface area contributed by atoms with E-state index < -0.39 is 12.0 Å². The third kappa shape index (κ3) is 2.08. The van der Waals surface area contributed by atoms with Gasteiger partial charge in [0.2, 0.25) is 0 Å². The zero-order valence-electron chi connectivity index (χ0n) is 8.30. The Morgan fingerprint density at radius 3 is 3.07 bits per heavy atom. The number of carboxylic acid groups (broad SMARTS) is 1. The van der Waals surface area contributed by atoms with E-state index >= 15 is 0 Å². The maximum absolute atomic E-state index is 10.7. The van der Waals surface area contributed by atoms with E-state index in [1.54, 1.807) is 18.7 Å². The van der Waals surface area contributed by atoms with Crippen LogP contribution in [0.5, 0.6) is 0 Å². The van der Waals surface area contributed by atoms with E-state index in [1.165, 1.54) is 4.90 Å². The summed E-state index contributed by atoms with van der Waals surface area (Å²) in [6.07, 6.45) is 0. The van der Waals surface area contributed by atoms with E-state index in [0.717, 1.165) is 11.6 Å². The molecular weight excluding hydrogens is 212 g/mol. The van der Waals surface area contributed by atoms with E-state index in [1.807, 2.05) is 29.3 Å². The Balaban J connectivity index is 2.11. The lowest BCUT2D eigenvalue weighted by Crippen LogP contribution is -2.45. The van der Waals surface area contributed by atoms with Crippen LogP contribution in [-0.4, -0.2) is 23.0 Å². The number of nitrogens with zero attached hydrogens (tertiary/aromatic N) is 1. The third-order valence-electron chi connectivity index (χ3n) is 2.23. The molecule has 0 fully saturated rings. The summed E-state index contributed by atoms with van der Waals surface area (Å²) < 4.78 is 0. The largest absolute Gasteiger partial charge is 0.480 e. The number of carbonyl (C=O) groups is 1. The number of anilines is 1. The van der Waals surface area contributed by atoms with Crippen LogP contribution in [0.1, 0.15) is 6.92 Å². The molecule has 1 aliphatic rings. The van der Waals surface area contributed by atoms with Crippen LogP contribution in [0.4, 0.5) is 5.69 Å². The molecule has 2 N–H and O–H groups in total. The summed E-state index contributed by atoms with van der Waals surface area (Å²) in [5, 5.41) is 10.7. The first-order valence-corrected chi connectivity index (χ1v) is 5.65. The number of carboxylic acids is 1. The normalized spacial score (nSPS) is 16.2. The van der Waals surface area contributed by atoms with Crippen molar-refractivity contribution in [2.24, 2.45) is 0 Å². The van der Waals surface area contributed by atoms with Crippen molar-refractivity contribution in [2.75, 3.05) is 10.9 Å². The zero-order chi connectivity index (χ0) is 10.8. The van der Waals surface area contributed by atoms with Gasteiger partial charge in [-0.1, -0.05) is 12.1 Å². The van der Waals surface area contributed by atoms with E-state index in [4.69, 9.17) is 5.11 Å². The van der Waals surface area contributed by atoms with Gasteiger partial charge >= 0.3 is 5.97 Å². The molecule has 2 rings (SSSR count). The summed E-state index contributed by atoms with van der Waals surface area (Å²) in [6, 6.07) is 7.38. The van der Waals surface area contributed by atoms with Crippen LogP contribution in [0, 0.1) is 0 Å². The Morgan fingerprint density at radius 2 is 2.33 bits per heavy atom. The Hall–Kier alpha value is -1.20. The highest BCUT2D eigenvalue weighted by molar-refractivity contribution is 7.99. The van der Waals surface area contributed by atoms with Crippen LogP contribution in [0.2, 0.25) is 0 Å². The van der Waals surface area contributed by atoms with Crippen LogP contribution < -0.4 is 10.4 Å². The van der Waals surface area contributed by atoms with Crippen LogP contribution in [0.15, 0.2) is 29.2 Å². The first kappa shape index (κ1) is 10.3. The van der Waals surface area contributed by atoms with Crippen molar-refractivity contribution < 1.29 is 9.90 Å². The monoisotopic (exact) mass is 224 g/mol. The van der Waals surface area contributed by atoms with Gasteiger partial charge in [0.25, 0.3) is 0 Å². The molecule has 0 saturated heterocycles. The van der Waals surface area contributed by atoms with Gasteiger partial charge in [0.05, 0.1) is 11.6 Å². The van der Waals surface area contributed by atoms with Crippen molar-refractivity contribution in [1.29, 1.82) is 0 Å². The Kier molecular flexibility index (Phi) is 2.83. The van der Waals surface area contributed by atoms with Crippen LogP contribution in [0.25, 0.3) is 0 Å². The van der Waals surface area contributed by atoms with Gasteiger partial charge in [-0.2, -0.15) is 0 Å². The molecule has 0 spiro atoms. The van der Waals surface area contributed by atoms with E-state index in [2.05, 4.69) is 5.43 Å². The van der Waals surface area contributed by atoms with E-state index in [9.17, 15) is 4.79 Å². The highest BCUT2D eigenvalue weighted by Gasteiger charge is 2.22. The molecule has 0 amide bonds. The lowest BCUT2D eigenvalue weighted by Gasteiger charge is -2.22. The highest BCUT2D eigenvalue weighted by Crippen LogP contribution is 2.36. The number of rotatable bonds is 3. The van der Waals surface area contributed by atoms with Gasteiger partial charge in [-0.25, -0.2) is 5.43 Å². The molecule has 4 nitrogen and oxygen atoms in total. The molecule has 1 atom stereocenters. The fourth-order valence-corrected chi connectivity index (χ4v) is 2.38. The molecule has 1 heterocycles. The van der Waals surface area contributed by atoms with Crippen LogP contribution in [-0.2, 0) is 4.79 Å². The first-order valence-electron chi connectivity index (χ1n) is 4.67. The van der Waals surface area contributed by atoms with Gasteiger partial charge < -0.3 is 5.11 Å². The van der Waals surface area contributed by atoms with Crippen molar-refractivity contribution in [1.82, 2.24) is 5.43 Å².